The molecule has 0 aliphatic carbocycles. The molecule has 2 aromatic carbocycles. The molecule has 2 rings (SSSR count). The van der Waals surface area contributed by atoms with Crippen molar-refractivity contribution >= 4 is 27.5 Å². The Bertz CT molecular complexity index is 541. The molecule has 0 saturated heterocycles. The van der Waals surface area contributed by atoms with Crippen molar-refractivity contribution in [1.82, 2.24) is 0 Å². The first-order chi connectivity index (χ1) is 8.36. The number of alkyl halides is 3. The van der Waals surface area contributed by atoms with Crippen LogP contribution in [0.1, 0.15) is 5.56 Å². The van der Waals surface area contributed by atoms with Gasteiger partial charge in [0.2, 0.25) is 0 Å². The summed E-state index contributed by atoms with van der Waals surface area (Å²) in [7, 11) is 0. The van der Waals surface area contributed by atoms with Crippen molar-refractivity contribution in [1.29, 1.82) is 0 Å². The van der Waals surface area contributed by atoms with E-state index in [2.05, 4.69) is 15.9 Å². The summed E-state index contributed by atoms with van der Waals surface area (Å²) in [6, 6.07) is 10.2. The normalized spacial score (nSPS) is 11.6. The minimum Gasteiger partial charge on any atom is -0.166 e. The summed E-state index contributed by atoms with van der Waals surface area (Å²) < 4.78 is 38.0. The molecule has 94 valence electrons. The lowest BCUT2D eigenvalue weighted by Crippen LogP contribution is -2.03. The predicted molar refractivity (Wildman–Crippen MR) is 69.6 cm³/mol. The van der Waals surface area contributed by atoms with Crippen LogP contribution >= 0.6 is 27.5 Å². The smallest absolute Gasteiger partial charge is 0.166 e. The van der Waals surface area contributed by atoms with Crippen LogP contribution in [0.3, 0.4) is 0 Å². The van der Waals surface area contributed by atoms with Crippen LogP contribution in [0.5, 0.6) is 0 Å². The van der Waals surface area contributed by atoms with E-state index in [1.807, 2.05) is 0 Å². The van der Waals surface area contributed by atoms with Crippen molar-refractivity contribution in [2.45, 2.75) is 6.18 Å². The molecule has 0 bridgehead atoms. The van der Waals surface area contributed by atoms with E-state index < -0.39 is 11.7 Å². The summed E-state index contributed by atoms with van der Waals surface area (Å²) in [5, 5.41) is 0.527. The van der Waals surface area contributed by atoms with E-state index in [1.165, 1.54) is 12.1 Å². The lowest BCUT2D eigenvalue weighted by Gasteiger charge is -2.08. The minimum atomic E-state index is -4.31. The van der Waals surface area contributed by atoms with Crippen molar-refractivity contribution in [3.8, 4) is 11.1 Å². The molecule has 0 atom stereocenters. The van der Waals surface area contributed by atoms with Gasteiger partial charge in [-0.25, -0.2) is 0 Å². The fraction of sp³-hybridized carbons (Fsp3) is 0.0769. The zero-order valence-corrected chi connectivity index (χ0v) is 11.3. The summed E-state index contributed by atoms with van der Waals surface area (Å²) in [6.45, 7) is 0. The fourth-order valence-corrected chi connectivity index (χ4v) is 2.43. The maximum Gasteiger partial charge on any atom is 0.416 e. The molecule has 0 heterocycles. The standard InChI is InChI=1S/C13H7BrClF3/c14-11-5-9(6-12(15)7-11)8-1-3-10(4-2-8)13(16,17)18/h1-7H. The summed E-state index contributed by atoms with van der Waals surface area (Å²) >= 11 is 9.19. The van der Waals surface area contributed by atoms with Crippen LogP contribution in [-0.2, 0) is 6.18 Å². The Morgan fingerprint density at radius 2 is 1.50 bits per heavy atom. The van der Waals surface area contributed by atoms with Crippen LogP contribution in [0.4, 0.5) is 13.2 Å². The summed E-state index contributed by atoms with van der Waals surface area (Å²) in [6.07, 6.45) is -4.31. The lowest BCUT2D eigenvalue weighted by atomic mass is 10.0. The average molecular weight is 336 g/mol. The fourth-order valence-electron chi connectivity index (χ4n) is 1.57. The molecule has 0 aliphatic rings. The first kappa shape index (κ1) is 13.4. The molecule has 0 aliphatic heterocycles. The van der Waals surface area contributed by atoms with Crippen molar-refractivity contribution in [3.05, 3.63) is 57.5 Å². The Hall–Kier alpha value is -1.00. The molecular formula is C13H7BrClF3. The van der Waals surface area contributed by atoms with E-state index in [9.17, 15) is 13.2 Å². The van der Waals surface area contributed by atoms with Gasteiger partial charge < -0.3 is 0 Å². The van der Waals surface area contributed by atoms with E-state index in [0.29, 0.717) is 10.6 Å². The van der Waals surface area contributed by atoms with E-state index >= 15 is 0 Å². The first-order valence-electron chi connectivity index (χ1n) is 5.00. The van der Waals surface area contributed by atoms with Gasteiger partial charge in [0, 0.05) is 9.50 Å². The largest absolute Gasteiger partial charge is 0.416 e. The average Bonchev–Trinajstić information content (AvgIpc) is 2.27. The lowest BCUT2D eigenvalue weighted by molar-refractivity contribution is -0.137. The van der Waals surface area contributed by atoms with Crippen molar-refractivity contribution in [3.63, 3.8) is 0 Å². The van der Waals surface area contributed by atoms with Crippen LogP contribution < -0.4 is 0 Å². The molecule has 0 aromatic heterocycles. The molecule has 0 nitrogen and oxygen atoms in total. The van der Waals surface area contributed by atoms with Gasteiger partial charge in [0.15, 0.2) is 0 Å². The van der Waals surface area contributed by atoms with E-state index in [-0.39, 0.29) is 0 Å². The zero-order chi connectivity index (χ0) is 13.3. The van der Waals surface area contributed by atoms with Crippen molar-refractivity contribution < 1.29 is 13.2 Å². The van der Waals surface area contributed by atoms with Crippen LogP contribution in [0.15, 0.2) is 46.9 Å². The van der Waals surface area contributed by atoms with Crippen LogP contribution in [-0.4, -0.2) is 0 Å². The van der Waals surface area contributed by atoms with Gasteiger partial charge in [-0.15, -0.1) is 0 Å². The van der Waals surface area contributed by atoms with E-state index in [1.54, 1.807) is 18.2 Å². The predicted octanol–water partition coefficient (Wildman–Crippen LogP) is 5.79. The van der Waals surface area contributed by atoms with Crippen LogP contribution in [0.25, 0.3) is 11.1 Å². The highest BCUT2D eigenvalue weighted by molar-refractivity contribution is 9.10. The van der Waals surface area contributed by atoms with Gasteiger partial charge in [-0.3, -0.25) is 0 Å². The Balaban J connectivity index is 2.40. The van der Waals surface area contributed by atoms with Gasteiger partial charge in [-0.05, 0) is 41.5 Å². The molecule has 0 unspecified atom stereocenters. The van der Waals surface area contributed by atoms with Gasteiger partial charge in [0.05, 0.1) is 5.56 Å². The van der Waals surface area contributed by atoms with Gasteiger partial charge in [-0.2, -0.15) is 13.2 Å². The molecule has 0 saturated carbocycles. The van der Waals surface area contributed by atoms with Crippen LogP contribution in [0.2, 0.25) is 5.02 Å². The Morgan fingerprint density at radius 3 is 2.00 bits per heavy atom. The molecule has 2 aromatic rings. The van der Waals surface area contributed by atoms with Gasteiger partial charge in [0.25, 0.3) is 0 Å². The molecule has 5 heteroatoms. The second kappa shape index (κ2) is 4.94. The molecule has 0 N–H and O–H groups in total. The van der Waals surface area contributed by atoms with Gasteiger partial charge in [0.1, 0.15) is 0 Å². The van der Waals surface area contributed by atoms with Crippen molar-refractivity contribution in [2.75, 3.05) is 0 Å². The number of rotatable bonds is 1. The third kappa shape index (κ3) is 3.06. The Labute approximate surface area is 116 Å². The topological polar surface area (TPSA) is 0 Å². The highest BCUT2D eigenvalue weighted by atomic mass is 79.9. The molecule has 18 heavy (non-hydrogen) atoms. The van der Waals surface area contributed by atoms with E-state index in [4.69, 9.17) is 11.6 Å². The first-order valence-corrected chi connectivity index (χ1v) is 6.17. The molecule has 0 spiro atoms. The number of halogens is 5. The maximum atomic E-state index is 12.4. The second-order valence-corrected chi connectivity index (χ2v) is 5.09. The maximum absolute atomic E-state index is 12.4. The number of hydrogen-bond donors (Lipinski definition) is 0. The third-order valence-corrected chi connectivity index (χ3v) is 3.08. The number of benzene rings is 2. The summed E-state index contributed by atoms with van der Waals surface area (Å²) in [4.78, 5) is 0. The minimum absolute atomic E-state index is 0.527. The van der Waals surface area contributed by atoms with Crippen molar-refractivity contribution in [2.24, 2.45) is 0 Å². The monoisotopic (exact) mass is 334 g/mol. The van der Waals surface area contributed by atoms with Crippen LogP contribution in [0, 0.1) is 0 Å². The number of hydrogen-bond acceptors (Lipinski definition) is 0. The molecule has 0 fully saturated rings. The zero-order valence-electron chi connectivity index (χ0n) is 8.93. The summed E-state index contributed by atoms with van der Waals surface area (Å²) in [5.74, 6) is 0. The van der Waals surface area contributed by atoms with E-state index in [0.717, 1.165) is 22.2 Å². The Morgan fingerprint density at radius 1 is 0.889 bits per heavy atom. The second-order valence-electron chi connectivity index (χ2n) is 3.73. The molecule has 0 amide bonds. The van der Waals surface area contributed by atoms with Gasteiger partial charge >= 0.3 is 6.18 Å². The SMILES string of the molecule is FC(F)(F)c1ccc(-c2cc(Cl)cc(Br)c2)cc1. The highest BCUT2D eigenvalue weighted by Crippen LogP contribution is 2.32. The third-order valence-electron chi connectivity index (χ3n) is 2.41. The quantitative estimate of drug-likeness (QED) is 0.619. The molecule has 0 radical (unpaired) electrons. The highest BCUT2D eigenvalue weighted by Gasteiger charge is 2.29. The van der Waals surface area contributed by atoms with Gasteiger partial charge in [-0.1, -0.05) is 39.7 Å². The Kier molecular flexibility index (Phi) is 3.69. The molecular weight excluding hydrogens is 328 g/mol. The summed E-state index contributed by atoms with van der Waals surface area (Å²) in [5.41, 5.74) is 0.793.